The molecule has 0 radical (unpaired) electrons. The van der Waals surface area contributed by atoms with E-state index in [1.807, 2.05) is 6.26 Å². The predicted octanol–water partition coefficient (Wildman–Crippen LogP) is 0.905. The first kappa shape index (κ1) is 15.3. The minimum Gasteiger partial charge on any atom is -0.409 e. The zero-order valence-electron chi connectivity index (χ0n) is 11.0. The third-order valence-electron chi connectivity index (χ3n) is 2.46. The Morgan fingerprint density at radius 2 is 2.37 bits per heavy atom. The van der Waals surface area contributed by atoms with Gasteiger partial charge in [0.05, 0.1) is 0 Å². The first-order chi connectivity index (χ1) is 9.08. The number of hydrogen-bond donors (Lipinski definition) is 3. The van der Waals surface area contributed by atoms with Crippen molar-refractivity contribution in [3.63, 3.8) is 0 Å². The highest BCUT2D eigenvalue weighted by atomic mass is 32.2. The van der Waals surface area contributed by atoms with E-state index in [4.69, 9.17) is 10.9 Å². The number of hydrogen-bond acceptors (Lipinski definition) is 5. The highest BCUT2D eigenvalue weighted by Crippen LogP contribution is 2.04. The Morgan fingerprint density at radius 3 is 2.89 bits per heavy atom. The largest absolute Gasteiger partial charge is 0.409 e. The van der Waals surface area contributed by atoms with Gasteiger partial charge in [0, 0.05) is 18.3 Å². The van der Waals surface area contributed by atoms with Gasteiger partial charge in [-0.2, -0.15) is 11.8 Å². The lowest BCUT2D eigenvalue weighted by Crippen LogP contribution is -2.29. The van der Waals surface area contributed by atoms with Gasteiger partial charge in [0.1, 0.15) is 5.69 Å². The Morgan fingerprint density at radius 1 is 1.63 bits per heavy atom. The monoisotopic (exact) mass is 282 g/mol. The summed E-state index contributed by atoms with van der Waals surface area (Å²) >= 11 is 1.75. The highest BCUT2D eigenvalue weighted by molar-refractivity contribution is 7.98. The molecule has 1 heterocycles. The number of thioether (sulfide) groups is 1. The molecule has 1 unspecified atom stereocenters. The van der Waals surface area contributed by atoms with Crippen molar-refractivity contribution in [2.75, 3.05) is 18.6 Å². The second-order valence-corrected chi connectivity index (χ2v) is 5.10. The molecule has 19 heavy (non-hydrogen) atoms. The molecule has 1 rings (SSSR count). The average molecular weight is 282 g/mol. The maximum absolute atomic E-state index is 11.8. The summed E-state index contributed by atoms with van der Waals surface area (Å²) in [5.41, 5.74) is 6.19. The number of amides is 1. The van der Waals surface area contributed by atoms with Crippen molar-refractivity contribution in [1.29, 1.82) is 0 Å². The summed E-state index contributed by atoms with van der Waals surface area (Å²) in [6, 6.07) is 3.13. The van der Waals surface area contributed by atoms with Crippen LogP contribution >= 0.6 is 11.8 Å². The van der Waals surface area contributed by atoms with E-state index in [0.717, 1.165) is 5.75 Å². The third-order valence-corrected chi connectivity index (χ3v) is 3.36. The topological polar surface area (TPSA) is 101 Å². The minimum atomic E-state index is -0.223. The summed E-state index contributed by atoms with van der Waals surface area (Å²) in [4.78, 5) is 15.8. The molecule has 0 aromatic carbocycles. The molecule has 0 fully saturated rings. The molecule has 0 aliphatic carbocycles. The van der Waals surface area contributed by atoms with Crippen molar-refractivity contribution in [1.82, 2.24) is 10.3 Å². The maximum Gasteiger partial charge on any atom is 0.269 e. The first-order valence-corrected chi connectivity index (χ1v) is 7.19. The van der Waals surface area contributed by atoms with Gasteiger partial charge in [-0.1, -0.05) is 12.1 Å². The van der Waals surface area contributed by atoms with E-state index in [2.05, 4.69) is 22.4 Å². The highest BCUT2D eigenvalue weighted by Gasteiger charge is 2.09. The van der Waals surface area contributed by atoms with Crippen LogP contribution < -0.4 is 11.1 Å². The summed E-state index contributed by atoms with van der Waals surface area (Å²) in [6.07, 6.45) is 3.43. The number of carbonyl (C=O) groups excluding carboxylic acids is 1. The lowest BCUT2D eigenvalue weighted by atomic mass is 10.2. The lowest BCUT2D eigenvalue weighted by molar-refractivity contribution is 0.0944. The maximum atomic E-state index is 11.8. The fourth-order valence-electron chi connectivity index (χ4n) is 1.44. The Balaban J connectivity index is 2.58. The molecular weight excluding hydrogens is 264 g/mol. The van der Waals surface area contributed by atoms with Crippen molar-refractivity contribution in [2.24, 2.45) is 16.8 Å². The predicted molar refractivity (Wildman–Crippen MR) is 76.6 cm³/mol. The second-order valence-electron chi connectivity index (χ2n) is 4.19. The molecule has 0 aliphatic rings. The molecule has 1 aromatic heterocycles. The van der Waals surface area contributed by atoms with Crippen LogP contribution in [0, 0.1) is 5.92 Å². The molecule has 104 valence electrons. The Labute approximate surface area is 116 Å². The number of amidine groups is 1. The third kappa shape index (κ3) is 4.78. The van der Waals surface area contributed by atoms with Crippen LogP contribution in [0.3, 0.4) is 0 Å². The van der Waals surface area contributed by atoms with Crippen molar-refractivity contribution < 1.29 is 10.0 Å². The molecule has 6 nitrogen and oxygen atoms in total. The van der Waals surface area contributed by atoms with E-state index in [1.54, 1.807) is 23.9 Å². The van der Waals surface area contributed by atoms with Crippen molar-refractivity contribution in [3.8, 4) is 0 Å². The number of oxime groups is 1. The van der Waals surface area contributed by atoms with E-state index in [1.165, 1.54) is 6.20 Å². The molecule has 1 aromatic rings. The SMILES string of the molecule is CSCC(C)CNC(=O)c1ccc(C(N)=NO)cn1. The minimum absolute atomic E-state index is 0.0342. The average Bonchev–Trinajstić information content (AvgIpc) is 2.44. The van der Waals surface area contributed by atoms with Crippen LogP contribution in [0.15, 0.2) is 23.5 Å². The molecule has 0 bridgehead atoms. The summed E-state index contributed by atoms with van der Waals surface area (Å²) < 4.78 is 0. The smallest absolute Gasteiger partial charge is 0.269 e. The van der Waals surface area contributed by atoms with Gasteiger partial charge in [-0.05, 0) is 30.1 Å². The number of carbonyl (C=O) groups is 1. The molecule has 0 aliphatic heterocycles. The van der Waals surface area contributed by atoms with Crippen molar-refractivity contribution >= 4 is 23.5 Å². The standard InChI is InChI=1S/C12H18N4O2S/c1-8(7-19-2)5-15-12(17)10-4-3-9(6-14-10)11(13)16-18/h3-4,6,8,18H,5,7H2,1-2H3,(H2,13,16)(H,15,17). The molecule has 4 N–H and O–H groups in total. The normalized spacial score (nSPS) is 13.1. The Hall–Kier alpha value is -1.76. The van der Waals surface area contributed by atoms with Crippen LogP contribution in [0.2, 0.25) is 0 Å². The number of aromatic nitrogens is 1. The number of pyridine rings is 1. The fourth-order valence-corrected chi connectivity index (χ4v) is 2.13. The van der Waals surface area contributed by atoms with E-state index < -0.39 is 0 Å². The molecule has 0 saturated heterocycles. The molecule has 0 spiro atoms. The van der Waals surface area contributed by atoms with Gasteiger partial charge in [-0.15, -0.1) is 0 Å². The lowest BCUT2D eigenvalue weighted by Gasteiger charge is -2.10. The van der Waals surface area contributed by atoms with Crippen LogP contribution in [-0.4, -0.2) is 40.5 Å². The number of nitrogens with zero attached hydrogens (tertiary/aromatic N) is 2. The zero-order valence-corrected chi connectivity index (χ0v) is 11.8. The Kier molecular flexibility index (Phi) is 6.14. The summed E-state index contributed by atoms with van der Waals surface area (Å²) in [6.45, 7) is 2.69. The quantitative estimate of drug-likeness (QED) is 0.311. The zero-order chi connectivity index (χ0) is 14.3. The van der Waals surface area contributed by atoms with E-state index in [0.29, 0.717) is 23.7 Å². The molecule has 0 saturated carbocycles. The van der Waals surface area contributed by atoms with E-state index in [-0.39, 0.29) is 11.7 Å². The molecule has 1 amide bonds. The summed E-state index contributed by atoms with van der Waals surface area (Å²) in [5.74, 6) is 1.15. The molecule has 7 heteroatoms. The van der Waals surface area contributed by atoms with E-state index >= 15 is 0 Å². The van der Waals surface area contributed by atoms with Gasteiger partial charge < -0.3 is 16.3 Å². The van der Waals surface area contributed by atoms with Crippen LogP contribution in [0.4, 0.5) is 0 Å². The molecule has 1 atom stereocenters. The number of nitrogens with two attached hydrogens (primary N) is 1. The van der Waals surface area contributed by atoms with Crippen LogP contribution in [0.25, 0.3) is 0 Å². The second kappa shape index (κ2) is 7.63. The van der Waals surface area contributed by atoms with Gasteiger partial charge in [-0.3, -0.25) is 9.78 Å². The van der Waals surface area contributed by atoms with Crippen LogP contribution in [0.1, 0.15) is 23.0 Å². The van der Waals surface area contributed by atoms with Crippen LogP contribution in [0.5, 0.6) is 0 Å². The van der Waals surface area contributed by atoms with E-state index in [9.17, 15) is 4.79 Å². The van der Waals surface area contributed by atoms with Crippen molar-refractivity contribution in [3.05, 3.63) is 29.6 Å². The Bertz CT molecular complexity index is 448. The van der Waals surface area contributed by atoms with Gasteiger partial charge in [0.15, 0.2) is 5.84 Å². The van der Waals surface area contributed by atoms with Gasteiger partial charge in [0.25, 0.3) is 5.91 Å². The van der Waals surface area contributed by atoms with Gasteiger partial charge in [0.2, 0.25) is 0 Å². The number of rotatable bonds is 6. The fraction of sp³-hybridized carbons (Fsp3) is 0.417. The van der Waals surface area contributed by atoms with Gasteiger partial charge in [-0.25, -0.2) is 0 Å². The molecular formula is C12H18N4O2S. The van der Waals surface area contributed by atoms with Crippen LogP contribution in [-0.2, 0) is 0 Å². The first-order valence-electron chi connectivity index (χ1n) is 5.79. The summed E-state index contributed by atoms with van der Waals surface area (Å²) in [7, 11) is 0. The van der Waals surface area contributed by atoms with Crippen molar-refractivity contribution in [2.45, 2.75) is 6.92 Å². The number of nitrogens with one attached hydrogen (secondary N) is 1. The van der Waals surface area contributed by atoms with Gasteiger partial charge >= 0.3 is 0 Å². The summed E-state index contributed by atoms with van der Waals surface area (Å²) in [5, 5.41) is 14.2.